The number of oxime groups is 1. The van der Waals surface area contributed by atoms with Crippen LogP contribution in [0, 0.1) is 29.6 Å². The van der Waals surface area contributed by atoms with E-state index in [0.717, 1.165) is 17.7 Å². The number of hydrogen-bond acceptors (Lipinski definition) is 8. The average molecular weight is 491 g/mol. The van der Waals surface area contributed by atoms with Crippen molar-refractivity contribution < 1.29 is 33.4 Å². The molecule has 1 saturated heterocycles. The molecule has 2 aromatic carbocycles. The van der Waals surface area contributed by atoms with Crippen molar-refractivity contribution in [3.05, 3.63) is 53.6 Å². The monoisotopic (exact) mass is 490 g/mol. The molecule has 0 spiro atoms. The highest BCUT2D eigenvalue weighted by Crippen LogP contribution is 2.62. The van der Waals surface area contributed by atoms with Gasteiger partial charge in [0.15, 0.2) is 11.5 Å². The van der Waals surface area contributed by atoms with Crippen LogP contribution in [0.5, 0.6) is 11.5 Å². The molecule has 186 valence electrons. The van der Waals surface area contributed by atoms with Crippen molar-refractivity contribution in [1.82, 2.24) is 0 Å². The minimum absolute atomic E-state index is 0.0420. The van der Waals surface area contributed by atoms with Gasteiger partial charge in [0.25, 0.3) is 0 Å². The summed E-state index contributed by atoms with van der Waals surface area (Å²) < 4.78 is 15.8. The third-order valence-electron chi connectivity index (χ3n) is 8.01. The molecular weight excluding hydrogens is 464 g/mol. The van der Waals surface area contributed by atoms with E-state index in [1.807, 2.05) is 18.2 Å². The summed E-state index contributed by atoms with van der Waals surface area (Å²) in [4.78, 5) is 46.3. The first-order valence-electron chi connectivity index (χ1n) is 12.1. The number of imide groups is 1. The maximum absolute atomic E-state index is 13.6. The van der Waals surface area contributed by atoms with Gasteiger partial charge in [0.05, 0.1) is 49.6 Å². The highest BCUT2D eigenvalue weighted by atomic mass is 16.6. The standard InChI is InChI=1S/C27H26N2O7/c1-4-35-27(32)13-5-8-15(9-6-13)29-25(30)20-16-12-17(21(20)26(29)31)24-22(16)23(28-36-24)14-7-10-18(33-2)19(11-14)34-3/h5-11,16-17,20-22,24H,4,12H2,1-3H3/t16-,17+,20+,21+,22+,24-/m1/s1. The van der Waals surface area contributed by atoms with Gasteiger partial charge in [0, 0.05) is 17.4 Å². The van der Waals surface area contributed by atoms with Crippen LogP contribution in [-0.2, 0) is 19.2 Å². The molecule has 6 rings (SSSR count). The molecule has 3 fully saturated rings. The Morgan fingerprint density at radius 1 is 0.972 bits per heavy atom. The van der Waals surface area contributed by atoms with Crippen LogP contribution in [0.3, 0.4) is 0 Å². The van der Waals surface area contributed by atoms with Crippen molar-refractivity contribution in [1.29, 1.82) is 0 Å². The Balaban J connectivity index is 1.27. The van der Waals surface area contributed by atoms with Crippen LogP contribution in [0.2, 0.25) is 0 Å². The molecule has 2 amide bonds. The van der Waals surface area contributed by atoms with Gasteiger partial charge < -0.3 is 19.0 Å². The molecule has 2 aliphatic carbocycles. The van der Waals surface area contributed by atoms with E-state index in [1.54, 1.807) is 45.4 Å². The minimum Gasteiger partial charge on any atom is -0.493 e. The molecule has 9 nitrogen and oxygen atoms in total. The fraction of sp³-hybridized carbons (Fsp3) is 0.407. The summed E-state index contributed by atoms with van der Waals surface area (Å²) in [6.07, 6.45) is 0.520. The highest BCUT2D eigenvalue weighted by molar-refractivity contribution is 6.23. The van der Waals surface area contributed by atoms with Crippen molar-refractivity contribution >= 4 is 29.2 Å². The van der Waals surface area contributed by atoms with E-state index < -0.39 is 17.8 Å². The largest absolute Gasteiger partial charge is 0.493 e. The second kappa shape index (κ2) is 8.36. The molecule has 0 radical (unpaired) electrons. The zero-order valence-electron chi connectivity index (χ0n) is 20.2. The summed E-state index contributed by atoms with van der Waals surface area (Å²) in [5.41, 5.74) is 2.47. The van der Waals surface area contributed by atoms with Crippen LogP contribution in [0.25, 0.3) is 0 Å². The molecule has 0 unspecified atom stereocenters. The lowest BCUT2D eigenvalue weighted by atomic mass is 9.71. The van der Waals surface area contributed by atoms with Crippen molar-refractivity contribution in [3.8, 4) is 11.5 Å². The van der Waals surface area contributed by atoms with E-state index in [4.69, 9.17) is 19.0 Å². The van der Waals surface area contributed by atoms with Gasteiger partial charge in [-0.15, -0.1) is 0 Å². The van der Waals surface area contributed by atoms with Gasteiger partial charge in [0.1, 0.15) is 6.10 Å². The molecule has 2 bridgehead atoms. The van der Waals surface area contributed by atoms with E-state index in [9.17, 15) is 14.4 Å². The molecule has 9 heteroatoms. The number of fused-ring (bicyclic) bond motifs is 8. The number of carbonyl (C=O) groups excluding carboxylic acids is 3. The van der Waals surface area contributed by atoms with Gasteiger partial charge in [-0.2, -0.15) is 0 Å². The Hall–Kier alpha value is -3.88. The zero-order chi connectivity index (χ0) is 25.1. The normalized spacial score (nSPS) is 29.5. The van der Waals surface area contributed by atoms with E-state index >= 15 is 0 Å². The fourth-order valence-corrected chi connectivity index (χ4v) is 6.58. The second-order valence-electron chi connectivity index (χ2n) is 9.54. The Morgan fingerprint density at radius 3 is 2.33 bits per heavy atom. The van der Waals surface area contributed by atoms with E-state index in [0.29, 0.717) is 22.7 Å². The third-order valence-corrected chi connectivity index (χ3v) is 8.01. The van der Waals surface area contributed by atoms with Crippen LogP contribution in [-0.4, -0.2) is 50.4 Å². The number of esters is 1. The molecule has 2 saturated carbocycles. The Morgan fingerprint density at radius 2 is 1.67 bits per heavy atom. The summed E-state index contributed by atoms with van der Waals surface area (Å²) in [6.45, 7) is 2.01. The third kappa shape index (κ3) is 3.08. The number of methoxy groups -OCH3 is 2. The molecule has 36 heavy (non-hydrogen) atoms. The number of amides is 2. The first-order chi connectivity index (χ1) is 17.5. The van der Waals surface area contributed by atoms with E-state index in [1.165, 1.54) is 4.90 Å². The van der Waals surface area contributed by atoms with Crippen LogP contribution in [0.1, 0.15) is 29.3 Å². The zero-order valence-corrected chi connectivity index (χ0v) is 20.2. The summed E-state index contributed by atoms with van der Waals surface area (Å²) in [7, 11) is 3.16. The van der Waals surface area contributed by atoms with Crippen molar-refractivity contribution in [2.45, 2.75) is 19.4 Å². The number of hydrogen-bond donors (Lipinski definition) is 0. The predicted molar refractivity (Wildman–Crippen MR) is 128 cm³/mol. The molecule has 2 aliphatic heterocycles. The number of carbonyl (C=O) groups is 3. The van der Waals surface area contributed by atoms with Gasteiger partial charge in [-0.1, -0.05) is 5.16 Å². The van der Waals surface area contributed by atoms with Gasteiger partial charge in [-0.05, 0) is 61.7 Å². The predicted octanol–water partition coefficient (Wildman–Crippen LogP) is 3.06. The van der Waals surface area contributed by atoms with E-state index in [-0.39, 0.29) is 42.3 Å². The molecule has 2 heterocycles. The summed E-state index contributed by atoms with van der Waals surface area (Å²) in [6, 6.07) is 12.0. The second-order valence-corrected chi connectivity index (χ2v) is 9.54. The van der Waals surface area contributed by atoms with Crippen LogP contribution >= 0.6 is 0 Å². The first kappa shape index (κ1) is 22.6. The number of anilines is 1. The number of nitrogens with zero attached hydrogens (tertiary/aromatic N) is 2. The lowest BCUT2D eigenvalue weighted by Crippen LogP contribution is -2.41. The first-order valence-corrected chi connectivity index (χ1v) is 12.1. The van der Waals surface area contributed by atoms with Gasteiger partial charge in [-0.25, -0.2) is 4.79 Å². The molecule has 2 aromatic rings. The van der Waals surface area contributed by atoms with Crippen LogP contribution in [0.4, 0.5) is 5.69 Å². The minimum atomic E-state index is -0.440. The van der Waals surface area contributed by atoms with Gasteiger partial charge >= 0.3 is 5.97 Å². The van der Waals surface area contributed by atoms with Crippen LogP contribution in [0.15, 0.2) is 47.6 Å². The molecule has 0 N–H and O–H groups in total. The smallest absolute Gasteiger partial charge is 0.338 e. The number of benzene rings is 2. The van der Waals surface area contributed by atoms with Crippen LogP contribution < -0.4 is 14.4 Å². The summed E-state index contributed by atoms with van der Waals surface area (Å²) in [5, 5.41) is 4.40. The Kier molecular flexibility index (Phi) is 5.24. The quantitative estimate of drug-likeness (QED) is 0.453. The number of ether oxygens (including phenoxy) is 3. The van der Waals surface area contributed by atoms with Crippen molar-refractivity contribution in [2.24, 2.45) is 34.7 Å². The fourth-order valence-electron chi connectivity index (χ4n) is 6.58. The SMILES string of the molecule is CCOC(=O)c1ccc(N2C(=O)[C@H]3[C@@H]4C[C@@H]([C@H]5C(c6ccc(OC)c(OC)c6)=NO[C@H]45)[C@@H]3C2=O)cc1. The maximum atomic E-state index is 13.6. The summed E-state index contributed by atoms with van der Waals surface area (Å²) >= 11 is 0. The van der Waals surface area contributed by atoms with Gasteiger partial charge in [-0.3, -0.25) is 14.5 Å². The molecule has 6 atom stereocenters. The lowest BCUT2D eigenvalue weighted by Gasteiger charge is -2.29. The van der Waals surface area contributed by atoms with Gasteiger partial charge in [0.2, 0.25) is 11.8 Å². The maximum Gasteiger partial charge on any atom is 0.338 e. The molecular formula is C27H26N2O7. The number of rotatable bonds is 6. The lowest BCUT2D eigenvalue weighted by molar-refractivity contribution is -0.125. The van der Waals surface area contributed by atoms with E-state index in [2.05, 4.69) is 5.16 Å². The summed E-state index contributed by atoms with van der Waals surface area (Å²) in [5.74, 6) is -0.665. The van der Waals surface area contributed by atoms with Crippen molar-refractivity contribution in [2.75, 3.05) is 25.7 Å². The Bertz CT molecular complexity index is 1290. The highest BCUT2D eigenvalue weighted by Gasteiger charge is 2.70. The molecule has 0 aromatic heterocycles. The van der Waals surface area contributed by atoms with Crippen molar-refractivity contribution in [3.63, 3.8) is 0 Å². The topological polar surface area (TPSA) is 104 Å². The Labute approximate surface area is 207 Å². The average Bonchev–Trinajstić information content (AvgIpc) is 3.64. The molecule has 4 aliphatic rings.